The van der Waals surface area contributed by atoms with Crippen molar-refractivity contribution in [1.82, 2.24) is 4.90 Å². The minimum Gasteiger partial charge on any atom is -0.371 e. The molecule has 0 aromatic heterocycles. The van der Waals surface area contributed by atoms with Crippen LogP contribution in [0.4, 0.5) is 0 Å². The lowest BCUT2D eigenvalue weighted by Gasteiger charge is -2.11. The first-order valence-corrected chi connectivity index (χ1v) is 6.11. The third-order valence-electron chi connectivity index (χ3n) is 2.33. The summed E-state index contributed by atoms with van der Waals surface area (Å²) in [6.07, 6.45) is 1.31. The SMILES string of the molecule is CC(C)SCOCC1CCN(C)C1. The molecule has 2 nitrogen and oxygen atoms in total. The highest BCUT2D eigenvalue weighted by Crippen LogP contribution is 2.16. The molecule has 0 saturated carbocycles. The summed E-state index contributed by atoms with van der Waals surface area (Å²) in [5.74, 6) is 1.63. The van der Waals surface area contributed by atoms with Crippen LogP contribution in [0.5, 0.6) is 0 Å². The van der Waals surface area contributed by atoms with E-state index < -0.39 is 0 Å². The Bertz CT molecular complexity index is 141. The molecule has 1 aliphatic heterocycles. The van der Waals surface area contributed by atoms with Crippen molar-refractivity contribution in [1.29, 1.82) is 0 Å². The summed E-state index contributed by atoms with van der Waals surface area (Å²) in [6, 6.07) is 0. The maximum atomic E-state index is 5.61. The quantitative estimate of drug-likeness (QED) is 0.501. The molecule has 78 valence electrons. The Morgan fingerprint density at radius 1 is 1.54 bits per heavy atom. The number of hydrogen-bond donors (Lipinski definition) is 0. The van der Waals surface area contributed by atoms with Gasteiger partial charge in [0.25, 0.3) is 0 Å². The van der Waals surface area contributed by atoms with Crippen molar-refractivity contribution in [2.75, 3.05) is 32.7 Å². The Kier molecular flexibility index (Phi) is 5.14. The Morgan fingerprint density at radius 2 is 2.31 bits per heavy atom. The first kappa shape index (κ1) is 11.3. The Labute approximate surface area is 86.0 Å². The molecule has 0 spiro atoms. The van der Waals surface area contributed by atoms with Crippen molar-refractivity contribution in [2.24, 2.45) is 5.92 Å². The first-order chi connectivity index (χ1) is 6.18. The average molecular weight is 203 g/mol. The van der Waals surface area contributed by atoms with Gasteiger partial charge in [0.2, 0.25) is 0 Å². The van der Waals surface area contributed by atoms with Crippen LogP contribution in [0.2, 0.25) is 0 Å². The van der Waals surface area contributed by atoms with E-state index in [1.807, 2.05) is 11.8 Å². The van der Waals surface area contributed by atoms with Gasteiger partial charge >= 0.3 is 0 Å². The number of nitrogens with zero attached hydrogens (tertiary/aromatic N) is 1. The lowest BCUT2D eigenvalue weighted by molar-refractivity contribution is 0.142. The van der Waals surface area contributed by atoms with Gasteiger partial charge in [-0.15, -0.1) is 11.8 Å². The van der Waals surface area contributed by atoms with Crippen LogP contribution in [0.3, 0.4) is 0 Å². The fourth-order valence-corrected chi connectivity index (χ4v) is 2.03. The highest BCUT2D eigenvalue weighted by Gasteiger charge is 2.18. The van der Waals surface area contributed by atoms with Crippen LogP contribution in [0.15, 0.2) is 0 Å². The molecule has 0 amide bonds. The summed E-state index contributed by atoms with van der Waals surface area (Å²) in [5, 5.41) is 0.686. The average Bonchev–Trinajstić information content (AvgIpc) is 2.45. The van der Waals surface area contributed by atoms with Crippen molar-refractivity contribution in [3.63, 3.8) is 0 Å². The second-order valence-electron chi connectivity index (χ2n) is 4.12. The summed E-state index contributed by atoms with van der Waals surface area (Å²) in [4.78, 5) is 2.38. The molecule has 1 fully saturated rings. The second kappa shape index (κ2) is 5.89. The second-order valence-corrected chi connectivity index (χ2v) is 5.63. The van der Waals surface area contributed by atoms with Crippen molar-refractivity contribution >= 4 is 11.8 Å². The Balaban J connectivity index is 1.94. The van der Waals surface area contributed by atoms with Crippen molar-refractivity contribution in [2.45, 2.75) is 25.5 Å². The molecule has 1 atom stereocenters. The highest BCUT2D eigenvalue weighted by atomic mass is 32.2. The van der Waals surface area contributed by atoms with Crippen LogP contribution < -0.4 is 0 Å². The number of ether oxygens (including phenoxy) is 1. The lowest BCUT2D eigenvalue weighted by Crippen LogP contribution is -2.16. The van der Waals surface area contributed by atoms with Gasteiger partial charge in [-0.3, -0.25) is 0 Å². The van der Waals surface area contributed by atoms with Gasteiger partial charge in [-0.25, -0.2) is 0 Å². The van der Waals surface area contributed by atoms with E-state index in [1.54, 1.807) is 0 Å². The molecule has 0 bridgehead atoms. The molecule has 1 heterocycles. The van der Waals surface area contributed by atoms with E-state index in [0.717, 1.165) is 18.5 Å². The summed E-state index contributed by atoms with van der Waals surface area (Å²) in [7, 11) is 2.18. The van der Waals surface area contributed by atoms with E-state index in [1.165, 1.54) is 19.5 Å². The lowest BCUT2D eigenvalue weighted by atomic mass is 10.1. The molecule has 1 aliphatic rings. The Morgan fingerprint density at radius 3 is 2.85 bits per heavy atom. The predicted octanol–water partition coefficient (Wildman–Crippen LogP) is 2.05. The van der Waals surface area contributed by atoms with Gasteiger partial charge in [0.15, 0.2) is 0 Å². The van der Waals surface area contributed by atoms with E-state index in [-0.39, 0.29) is 0 Å². The number of likely N-dealkylation sites (tertiary alicyclic amines) is 1. The minimum absolute atomic E-state index is 0.686. The van der Waals surface area contributed by atoms with Crippen LogP contribution in [-0.2, 0) is 4.74 Å². The number of rotatable bonds is 5. The summed E-state index contributed by atoms with van der Waals surface area (Å²) in [6.45, 7) is 7.82. The molecule has 1 saturated heterocycles. The van der Waals surface area contributed by atoms with Crippen LogP contribution in [0, 0.1) is 5.92 Å². The van der Waals surface area contributed by atoms with E-state index >= 15 is 0 Å². The van der Waals surface area contributed by atoms with E-state index in [4.69, 9.17) is 4.74 Å². The molecule has 0 aliphatic carbocycles. The van der Waals surface area contributed by atoms with E-state index in [2.05, 4.69) is 25.8 Å². The third kappa shape index (κ3) is 4.89. The van der Waals surface area contributed by atoms with Crippen molar-refractivity contribution in [3.8, 4) is 0 Å². The van der Waals surface area contributed by atoms with Crippen LogP contribution in [-0.4, -0.2) is 42.8 Å². The summed E-state index contributed by atoms with van der Waals surface area (Å²) >= 11 is 1.88. The molecule has 1 rings (SSSR count). The summed E-state index contributed by atoms with van der Waals surface area (Å²) in [5.41, 5.74) is 0. The number of hydrogen-bond acceptors (Lipinski definition) is 3. The van der Waals surface area contributed by atoms with Gasteiger partial charge in [-0.2, -0.15) is 0 Å². The fraction of sp³-hybridized carbons (Fsp3) is 1.00. The van der Waals surface area contributed by atoms with Gasteiger partial charge < -0.3 is 9.64 Å². The molecule has 1 unspecified atom stereocenters. The standard InChI is InChI=1S/C10H21NOS/c1-9(2)13-8-12-7-10-4-5-11(3)6-10/h9-10H,4-8H2,1-3H3. The largest absolute Gasteiger partial charge is 0.371 e. The highest BCUT2D eigenvalue weighted by molar-refractivity contribution is 7.99. The molecule has 0 N–H and O–H groups in total. The van der Waals surface area contributed by atoms with Crippen LogP contribution in [0.25, 0.3) is 0 Å². The predicted molar refractivity (Wildman–Crippen MR) is 59.2 cm³/mol. The minimum atomic E-state index is 0.686. The maximum absolute atomic E-state index is 5.61. The van der Waals surface area contributed by atoms with E-state index in [0.29, 0.717) is 5.25 Å². The molecule has 3 heteroatoms. The summed E-state index contributed by atoms with van der Waals surface area (Å²) < 4.78 is 5.61. The van der Waals surface area contributed by atoms with Crippen LogP contribution in [0.1, 0.15) is 20.3 Å². The van der Waals surface area contributed by atoms with Gasteiger partial charge in [0.1, 0.15) is 0 Å². The molecular formula is C10H21NOS. The maximum Gasteiger partial charge on any atom is 0.0923 e. The van der Waals surface area contributed by atoms with E-state index in [9.17, 15) is 0 Å². The third-order valence-corrected chi connectivity index (χ3v) is 3.30. The zero-order valence-corrected chi connectivity index (χ0v) is 9.77. The van der Waals surface area contributed by atoms with Crippen LogP contribution >= 0.6 is 11.8 Å². The molecule has 0 radical (unpaired) electrons. The normalized spacial score (nSPS) is 24.5. The zero-order valence-electron chi connectivity index (χ0n) is 8.95. The smallest absolute Gasteiger partial charge is 0.0923 e. The first-order valence-electron chi connectivity index (χ1n) is 5.06. The Hall–Kier alpha value is 0.270. The molecule has 0 aromatic rings. The van der Waals surface area contributed by atoms with Gasteiger partial charge in [0.05, 0.1) is 12.5 Å². The van der Waals surface area contributed by atoms with Crippen molar-refractivity contribution in [3.05, 3.63) is 0 Å². The molecule has 13 heavy (non-hydrogen) atoms. The fourth-order valence-electron chi connectivity index (χ4n) is 1.56. The monoisotopic (exact) mass is 203 g/mol. The van der Waals surface area contributed by atoms with Gasteiger partial charge in [-0.05, 0) is 25.9 Å². The molecular weight excluding hydrogens is 182 g/mol. The van der Waals surface area contributed by atoms with Crippen molar-refractivity contribution < 1.29 is 4.74 Å². The van der Waals surface area contributed by atoms with Gasteiger partial charge in [0, 0.05) is 11.8 Å². The molecule has 0 aromatic carbocycles. The topological polar surface area (TPSA) is 12.5 Å². The number of thioether (sulfide) groups is 1. The zero-order chi connectivity index (χ0) is 9.68. The van der Waals surface area contributed by atoms with Gasteiger partial charge in [-0.1, -0.05) is 13.8 Å².